The van der Waals surface area contributed by atoms with E-state index in [1.165, 1.54) is 6.42 Å². The zero-order valence-corrected chi connectivity index (χ0v) is 12.3. The molecule has 2 N–H and O–H groups in total. The standard InChI is InChI=1S/C16H24N2O2/c1-12(17)14-8-4-5-9-15(14)20-13(2)16(19)18-10-6-3-7-11-18/h4-5,8-9,12-13H,3,6-7,10-11,17H2,1-2H3/t12-,13?/m1/s1. The molecule has 2 atom stereocenters. The summed E-state index contributed by atoms with van der Waals surface area (Å²) in [5.74, 6) is 0.782. The summed E-state index contributed by atoms with van der Waals surface area (Å²) in [4.78, 5) is 14.3. The Hall–Kier alpha value is -1.55. The van der Waals surface area contributed by atoms with Gasteiger partial charge in [0, 0.05) is 24.7 Å². The number of amides is 1. The van der Waals surface area contributed by atoms with E-state index in [9.17, 15) is 4.79 Å². The van der Waals surface area contributed by atoms with Crippen LogP contribution < -0.4 is 10.5 Å². The lowest BCUT2D eigenvalue weighted by molar-refractivity contribution is -0.138. The molecule has 1 aliphatic rings. The quantitative estimate of drug-likeness (QED) is 0.919. The van der Waals surface area contributed by atoms with E-state index in [0.29, 0.717) is 5.75 Å². The highest BCUT2D eigenvalue weighted by molar-refractivity contribution is 5.81. The molecule has 0 bridgehead atoms. The molecule has 0 saturated carbocycles. The van der Waals surface area contributed by atoms with Crippen molar-refractivity contribution in [1.29, 1.82) is 0 Å². The van der Waals surface area contributed by atoms with Crippen LogP contribution in [0.4, 0.5) is 0 Å². The van der Waals surface area contributed by atoms with Crippen LogP contribution in [0, 0.1) is 0 Å². The minimum atomic E-state index is -0.465. The molecule has 1 fully saturated rings. The van der Waals surface area contributed by atoms with Gasteiger partial charge in [0.05, 0.1) is 0 Å². The molecule has 4 heteroatoms. The third kappa shape index (κ3) is 3.51. The second-order valence-electron chi connectivity index (χ2n) is 5.47. The Morgan fingerprint density at radius 1 is 1.20 bits per heavy atom. The van der Waals surface area contributed by atoms with Gasteiger partial charge in [-0.05, 0) is 39.2 Å². The van der Waals surface area contributed by atoms with Crippen LogP contribution in [-0.2, 0) is 4.79 Å². The summed E-state index contributed by atoms with van der Waals surface area (Å²) < 4.78 is 5.85. The lowest BCUT2D eigenvalue weighted by atomic mass is 10.1. The maximum absolute atomic E-state index is 12.4. The molecule has 0 radical (unpaired) electrons. The van der Waals surface area contributed by atoms with Crippen molar-refractivity contribution in [2.24, 2.45) is 5.73 Å². The Balaban J connectivity index is 2.03. The lowest BCUT2D eigenvalue weighted by Crippen LogP contribution is -2.43. The number of benzene rings is 1. The lowest BCUT2D eigenvalue weighted by Gasteiger charge is -2.29. The van der Waals surface area contributed by atoms with Gasteiger partial charge in [0.2, 0.25) is 0 Å². The number of para-hydroxylation sites is 1. The Bertz CT molecular complexity index is 454. The molecule has 110 valence electrons. The Kier molecular flexibility index (Phi) is 5.01. The normalized spacial score (nSPS) is 18.4. The first-order chi connectivity index (χ1) is 9.59. The first-order valence-electron chi connectivity index (χ1n) is 7.39. The first kappa shape index (κ1) is 14.9. The molecular weight excluding hydrogens is 252 g/mol. The predicted molar refractivity (Wildman–Crippen MR) is 79.6 cm³/mol. The van der Waals surface area contributed by atoms with Crippen molar-refractivity contribution in [3.8, 4) is 5.75 Å². The van der Waals surface area contributed by atoms with E-state index in [0.717, 1.165) is 31.5 Å². The van der Waals surface area contributed by atoms with Crippen molar-refractivity contribution in [2.75, 3.05) is 13.1 Å². The van der Waals surface area contributed by atoms with Gasteiger partial charge >= 0.3 is 0 Å². The molecule has 1 saturated heterocycles. The fourth-order valence-electron chi connectivity index (χ4n) is 2.58. The highest BCUT2D eigenvalue weighted by Gasteiger charge is 2.24. The molecule has 0 aromatic heterocycles. The predicted octanol–water partition coefficient (Wildman–Crippen LogP) is 2.49. The Morgan fingerprint density at radius 3 is 2.50 bits per heavy atom. The van der Waals surface area contributed by atoms with Gasteiger partial charge in [0.15, 0.2) is 6.10 Å². The number of nitrogens with two attached hydrogens (primary N) is 1. The van der Waals surface area contributed by atoms with Crippen LogP contribution in [0.15, 0.2) is 24.3 Å². The summed E-state index contributed by atoms with van der Waals surface area (Å²) in [6.45, 7) is 5.43. The van der Waals surface area contributed by atoms with E-state index in [1.807, 2.05) is 43.0 Å². The molecular formula is C16H24N2O2. The van der Waals surface area contributed by atoms with Gasteiger partial charge in [-0.25, -0.2) is 0 Å². The molecule has 1 heterocycles. The van der Waals surface area contributed by atoms with E-state index in [4.69, 9.17) is 10.5 Å². The molecule has 1 aliphatic heterocycles. The number of carbonyl (C=O) groups is 1. The van der Waals surface area contributed by atoms with Crippen molar-refractivity contribution in [3.63, 3.8) is 0 Å². The molecule has 20 heavy (non-hydrogen) atoms. The summed E-state index contributed by atoms with van der Waals surface area (Å²) in [5.41, 5.74) is 6.87. The van der Waals surface area contributed by atoms with E-state index in [1.54, 1.807) is 0 Å². The molecule has 0 aliphatic carbocycles. The molecule has 0 spiro atoms. The monoisotopic (exact) mass is 276 g/mol. The largest absolute Gasteiger partial charge is 0.481 e. The maximum atomic E-state index is 12.4. The van der Waals surface area contributed by atoms with Crippen molar-refractivity contribution in [1.82, 2.24) is 4.90 Å². The fourth-order valence-corrected chi connectivity index (χ4v) is 2.58. The van der Waals surface area contributed by atoms with Crippen LogP contribution >= 0.6 is 0 Å². The number of hydrogen-bond donors (Lipinski definition) is 1. The third-order valence-corrected chi connectivity index (χ3v) is 3.73. The van der Waals surface area contributed by atoms with Gasteiger partial charge in [-0.1, -0.05) is 18.2 Å². The zero-order chi connectivity index (χ0) is 14.5. The zero-order valence-electron chi connectivity index (χ0n) is 12.3. The number of likely N-dealkylation sites (tertiary alicyclic amines) is 1. The van der Waals surface area contributed by atoms with E-state index in [-0.39, 0.29) is 11.9 Å². The van der Waals surface area contributed by atoms with Crippen LogP contribution in [0.2, 0.25) is 0 Å². The number of carbonyl (C=O) groups excluding carboxylic acids is 1. The minimum absolute atomic E-state index is 0.0733. The van der Waals surface area contributed by atoms with Gasteiger partial charge in [-0.3, -0.25) is 4.79 Å². The summed E-state index contributed by atoms with van der Waals surface area (Å²) in [6.07, 6.45) is 2.93. The molecule has 1 amide bonds. The second-order valence-corrected chi connectivity index (χ2v) is 5.47. The molecule has 4 nitrogen and oxygen atoms in total. The highest BCUT2D eigenvalue weighted by atomic mass is 16.5. The molecule has 2 rings (SSSR count). The number of nitrogens with zero attached hydrogens (tertiary/aromatic N) is 1. The SMILES string of the molecule is CC(Oc1ccccc1[C@@H](C)N)C(=O)N1CCCCC1. The third-order valence-electron chi connectivity index (χ3n) is 3.73. The van der Waals surface area contributed by atoms with Crippen molar-refractivity contribution < 1.29 is 9.53 Å². The summed E-state index contributed by atoms with van der Waals surface area (Å²) >= 11 is 0. The van der Waals surface area contributed by atoms with Gasteiger partial charge < -0.3 is 15.4 Å². The van der Waals surface area contributed by atoms with E-state index in [2.05, 4.69) is 0 Å². The average Bonchev–Trinajstić information content (AvgIpc) is 2.47. The topological polar surface area (TPSA) is 55.6 Å². The van der Waals surface area contributed by atoms with Gasteiger partial charge in [-0.2, -0.15) is 0 Å². The highest BCUT2D eigenvalue weighted by Crippen LogP contribution is 2.24. The van der Waals surface area contributed by atoms with Crippen molar-refractivity contribution >= 4 is 5.91 Å². The molecule has 1 unspecified atom stereocenters. The average molecular weight is 276 g/mol. The number of ether oxygens (including phenoxy) is 1. The van der Waals surface area contributed by atoms with Gasteiger partial charge in [-0.15, -0.1) is 0 Å². The van der Waals surface area contributed by atoms with Crippen molar-refractivity contribution in [3.05, 3.63) is 29.8 Å². The Morgan fingerprint density at radius 2 is 1.85 bits per heavy atom. The van der Waals surface area contributed by atoms with Crippen LogP contribution in [0.1, 0.15) is 44.7 Å². The van der Waals surface area contributed by atoms with Crippen LogP contribution in [0.5, 0.6) is 5.75 Å². The van der Waals surface area contributed by atoms with Crippen LogP contribution in [0.25, 0.3) is 0 Å². The number of hydrogen-bond acceptors (Lipinski definition) is 3. The number of piperidine rings is 1. The Labute approximate surface area is 120 Å². The fraction of sp³-hybridized carbons (Fsp3) is 0.562. The molecule has 1 aromatic rings. The van der Waals surface area contributed by atoms with E-state index < -0.39 is 6.10 Å². The minimum Gasteiger partial charge on any atom is -0.481 e. The van der Waals surface area contributed by atoms with Crippen molar-refractivity contribution in [2.45, 2.75) is 45.3 Å². The van der Waals surface area contributed by atoms with E-state index >= 15 is 0 Å². The van der Waals surface area contributed by atoms with Gasteiger partial charge in [0.1, 0.15) is 5.75 Å². The summed E-state index contributed by atoms with van der Waals surface area (Å²) in [6, 6.07) is 7.54. The van der Waals surface area contributed by atoms with Gasteiger partial charge in [0.25, 0.3) is 5.91 Å². The summed E-state index contributed by atoms with van der Waals surface area (Å²) in [7, 11) is 0. The van der Waals surface area contributed by atoms with Crippen LogP contribution in [0.3, 0.4) is 0 Å². The first-order valence-corrected chi connectivity index (χ1v) is 7.39. The second kappa shape index (κ2) is 6.75. The summed E-state index contributed by atoms with van der Waals surface area (Å²) in [5, 5.41) is 0. The maximum Gasteiger partial charge on any atom is 0.263 e. The van der Waals surface area contributed by atoms with Crippen LogP contribution in [-0.4, -0.2) is 30.0 Å². The molecule has 1 aromatic carbocycles. The smallest absolute Gasteiger partial charge is 0.263 e. The number of rotatable bonds is 4.